The molecule has 0 saturated heterocycles. The van der Waals surface area contributed by atoms with Crippen molar-refractivity contribution in [3.8, 4) is 0 Å². The zero-order valence-electron chi connectivity index (χ0n) is 18.9. The minimum absolute atomic E-state index is 0.0785. The minimum atomic E-state index is -0.714. The number of aliphatic hydroxyl groups is 3. The van der Waals surface area contributed by atoms with E-state index in [1.807, 2.05) is 6.92 Å². The lowest BCUT2D eigenvalue weighted by Gasteiger charge is -2.27. The Balaban J connectivity index is 3.55. The molecule has 0 aromatic carbocycles. The number of esters is 1. The van der Waals surface area contributed by atoms with E-state index in [4.69, 9.17) is 4.74 Å². The SMILES string of the molecule is CCCCCCC(O)C/C=C\CCCCCCCC(=O)OCC(CC)(CO)CO. The topological polar surface area (TPSA) is 87.0 Å². The highest BCUT2D eigenvalue weighted by Crippen LogP contribution is 2.21. The highest BCUT2D eigenvalue weighted by Gasteiger charge is 2.28. The Hall–Kier alpha value is -0.910. The fraction of sp³-hybridized carbons (Fsp3) is 0.875. The van der Waals surface area contributed by atoms with E-state index in [2.05, 4.69) is 19.1 Å². The van der Waals surface area contributed by atoms with E-state index in [1.54, 1.807) is 0 Å². The van der Waals surface area contributed by atoms with Crippen molar-refractivity contribution >= 4 is 5.97 Å². The lowest BCUT2D eigenvalue weighted by Crippen LogP contribution is -2.35. The molecule has 0 amide bonds. The van der Waals surface area contributed by atoms with Gasteiger partial charge < -0.3 is 20.1 Å². The Morgan fingerprint density at radius 1 is 0.931 bits per heavy atom. The second-order valence-electron chi connectivity index (χ2n) is 8.35. The van der Waals surface area contributed by atoms with E-state index in [-0.39, 0.29) is 31.9 Å². The van der Waals surface area contributed by atoms with Gasteiger partial charge in [0.25, 0.3) is 0 Å². The van der Waals surface area contributed by atoms with Crippen LogP contribution in [0.3, 0.4) is 0 Å². The normalized spacial score (nSPS) is 13.1. The molecule has 0 spiro atoms. The van der Waals surface area contributed by atoms with Crippen molar-refractivity contribution in [1.29, 1.82) is 0 Å². The van der Waals surface area contributed by atoms with Gasteiger partial charge in [-0.1, -0.05) is 70.9 Å². The quantitative estimate of drug-likeness (QED) is 0.150. The molecule has 5 heteroatoms. The van der Waals surface area contributed by atoms with Crippen molar-refractivity contribution < 1.29 is 24.9 Å². The summed E-state index contributed by atoms with van der Waals surface area (Å²) < 4.78 is 5.22. The molecule has 0 radical (unpaired) electrons. The highest BCUT2D eigenvalue weighted by molar-refractivity contribution is 5.69. The summed E-state index contributed by atoms with van der Waals surface area (Å²) >= 11 is 0. The van der Waals surface area contributed by atoms with Gasteiger partial charge >= 0.3 is 5.97 Å². The summed E-state index contributed by atoms with van der Waals surface area (Å²) in [6.07, 6.45) is 17.8. The van der Waals surface area contributed by atoms with Crippen LogP contribution < -0.4 is 0 Å². The van der Waals surface area contributed by atoms with Crippen molar-refractivity contribution in [1.82, 2.24) is 0 Å². The predicted molar refractivity (Wildman–Crippen MR) is 119 cm³/mol. The molecule has 0 aromatic rings. The van der Waals surface area contributed by atoms with Crippen LogP contribution in [0.1, 0.15) is 104 Å². The summed E-state index contributed by atoms with van der Waals surface area (Å²) in [5.41, 5.74) is -0.714. The highest BCUT2D eigenvalue weighted by atomic mass is 16.5. The first-order valence-corrected chi connectivity index (χ1v) is 11.7. The van der Waals surface area contributed by atoms with Crippen molar-refractivity contribution in [3.05, 3.63) is 12.2 Å². The monoisotopic (exact) mass is 414 g/mol. The molecule has 172 valence electrons. The first-order chi connectivity index (χ1) is 14.0. The first kappa shape index (κ1) is 28.1. The van der Waals surface area contributed by atoms with Crippen LogP contribution >= 0.6 is 0 Å². The molecule has 0 heterocycles. The molecule has 1 unspecified atom stereocenters. The van der Waals surface area contributed by atoms with E-state index < -0.39 is 5.41 Å². The summed E-state index contributed by atoms with van der Waals surface area (Å²) in [6.45, 7) is 3.78. The first-order valence-electron chi connectivity index (χ1n) is 11.7. The minimum Gasteiger partial charge on any atom is -0.465 e. The van der Waals surface area contributed by atoms with E-state index in [1.165, 1.54) is 19.3 Å². The van der Waals surface area contributed by atoms with Gasteiger partial charge in [0.1, 0.15) is 6.61 Å². The summed E-state index contributed by atoms with van der Waals surface area (Å²) in [5.74, 6) is -0.249. The van der Waals surface area contributed by atoms with Crippen molar-refractivity contribution in [2.24, 2.45) is 5.41 Å². The number of allylic oxidation sites excluding steroid dienone is 1. The van der Waals surface area contributed by atoms with Gasteiger partial charge in [-0.15, -0.1) is 0 Å². The summed E-state index contributed by atoms with van der Waals surface area (Å²) in [7, 11) is 0. The Labute approximate surface area is 178 Å². The van der Waals surface area contributed by atoms with Gasteiger partial charge in [0, 0.05) is 6.42 Å². The zero-order valence-corrected chi connectivity index (χ0v) is 18.9. The Morgan fingerprint density at radius 2 is 1.59 bits per heavy atom. The van der Waals surface area contributed by atoms with Crippen LogP contribution in [-0.4, -0.2) is 47.2 Å². The maximum atomic E-state index is 11.8. The zero-order chi connectivity index (χ0) is 21.8. The van der Waals surface area contributed by atoms with E-state index in [9.17, 15) is 20.1 Å². The number of unbranched alkanes of at least 4 members (excludes halogenated alkanes) is 8. The fourth-order valence-electron chi connectivity index (χ4n) is 3.13. The van der Waals surface area contributed by atoms with E-state index >= 15 is 0 Å². The number of rotatable bonds is 20. The number of hydrogen-bond donors (Lipinski definition) is 3. The molecule has 29 heavy (non-hydrogen) atoms. The van der Waals surface area contributed by atoms with Gasteiger partial charge in [-0.3, -0.25) is 4.79 Å². The smallest absolute Gasteiger partial charge is 0.305 e. The molecule has 0 aliphatic rings. The molecule has 0 bridgehead atoms. The largest absolute Gasteiger partial charge is 0.465 e. The second kappa shape index (κ2) is 19.1. The van der Waals surface area contributed by atoms with Crippen molar-refractivity contribution in [2.45, 2.75) is 110 Å². The van der Waals surface area contributed by atoms with Crippen molar-refractivity contribution in [2.75, 3.05) is 19.8 Å². The third kappa shape index (κ3) is 15.6. The molecule has 0 aliphatic carbocycles. The third-order valence-corrected chi connectivity index (χ3v) is 5.68. The lowest BCUT2D eigenvalue weighted by atomic mass is 9.88. The van der Waals surface area contributed by atoms with Gasteiger partial charge in [-0.05, 0) is 38.5 Å². The predicted octanol–water partition coefficient (Wildman–Crippen LogP) is 4.92. The molecule has 0 fully saturated rings. The number of aliphatic hydroxyl groups excluding tert-OH is 3. The van der Waals surface area contributed by atoms with Gasteiger partial charge in [0.05, 0.1) is 24.7 Å². The Kier molecular flexibility index (Phi) is 18.5. The molecule has 1 atom stereocenters. The maximum absolute atomic E-state index is 11.8. The second-order valence-corrected chi connectivity index (χ2v) is 8.35. The molecule has 0 aromatic heterocycles. The average Bonchev–Trinajstić information content (AvgIpc) is 2.74. The van der Waals surface area contributed by atoms with Crippen LogP contribution in [0.4, 0.5) is 0 Å². The summed E-state index contributed by atoms with van der Waals surface area (Å²) in [5, 5.41) is 28.6. The molecule has 5 nitrogen and oxygen atoms in total. The van der Waals surface area contributed by atoms with Gasteiger partial charge in [-0.2, -0.15) is 0 Å². The van der Waals surface area contributed by atoms with Crippen LogP contribution in [0.15, 0.2) is 12.2 Å². The molecular weight excluding hydrogens is 368 g/mol. The number of ether oxygens (including phenoxy) is 1. The van der Waals surface area contributed by atoms with Crippen LogP contribution in [0.2, 0.25) is 0 Å². The Morgan fingerprint density at radius 3 is 2.24 bits per heavy atom. The molecule has 0 saturated carbocycles. The third-order valence-electron chi connectivity index (χ3n) is 5.68. The number of carbonyl (C=O) groups excluding carboxylic acids is 1. The maximum Gasteiger partial charge on any atom is 0.305 e. The molecular formula is C24H46O5. The van der Waals surface area contributed by atoms with Crippen LogP contribution in [-0.2, 0) is 9.53 Å². The number of hydrogen-bond acceptors (Lipinski definition) is 5. The summed E-state index contributed by atoms with van der Waals surface area (Å²) in [4.78, 5) is 11.8. The average molecular weight is 415 g/mol. The van der Waals surface area contributed by atoms with Gasteiger partial charge in [0.15, 0.2) is 0 Å². The van der Waals surface area contributed by atoms with Crippen LogP contribution in [0.5, 0.6) is 0 Å². The van der Waals surface area contributed by atoms with Crippen molar-refractivity contribution in [3.63, 3.8) is 0 Å². The molecule has 0 aliphatic heterocycles. The standard InChI is InChI=1S/C24H46O5/c1-3-5-6-13-16-22(27)17-14-11-9-7-8-10-12-15-18-23(28)29-21-24(4-2,19-25)20-26/h11,14,22,25-27H,3-10,12-13,15-21H2,1-2H3/b14-11-. The fourth-order valence-corrected chi connectivity index (χ4v) is 3.13. The number of carbonyl (C=O) groups is 1. The van der Waals surface area contributed by atoms with E-state index in [0.717, 1.165) is 57.8 Å². The van der Waals surface area contributed by atoms with Gasteiger partial charge in [0.2, 0.25) is 0 Å². The lowest BCUT2D eigenvalue weighted by molar-refractivity contribution is -0.149. The van der Waals surface area contributed by atoms with Crippen LogP contribution in [0.25, 0.3) is 0 Å². The molecule has 3 N–H and O–H groups in total. The van der Waals surface area contributed by atoms with E-state index in [0.29, 0.717) is 12.8 Å². The Bertz CT molecular complexity index is 396. The summed E-state index contributed by atoms with van der Waals surface area (Å²) in [6, 6.07) is 0. The van der Waals surface area contributed by atoms with Gasteiger partial charge in [-0.25, -0.2) is 0 Å². The van der Waals surface area contributed by atoms with Crippen LogP contribution in [0, 0.1) is 5.41 Å². The molecule has 0 rings (SSSR count).